The first-order chi connectivity index (χ1) is 9.29. The van der Waals surface area contributed by atoms with Crippen molar-refractivity contribution in [2.24, 2.45) is 0 Å². The van der Waals surface area contributed by atoms with Gasteiger partial charge in [0.1, 0.15) is 12.4 Å². The van der Waals surface area contributed by atoms with E-state index >= 15 is 0 Å². The van der Waals surface area contributed by atoms with Crippen LogP contribution in [0.5, 0.6) is 5.75 Å². The first kappa shape index (κ1) is 14.4. The normalized spacial score (nSPS) is 12.3. The molecule has 1 unspecified atom stereocenters. The summed E-state index contributed by atoms with van der Waals surface area (Å²) >= 11 is 3.53. The number of benzene rings is 1. The van der Waals surface area contributed by atoms with Crippen LogP contribution in [0.1, 0.15) is 17.8 Å². The zero-order valence-corrected chi connectivity index (χ0v) is 12.9. The molecule has 19 heavy (non-hydrogen) atoms. The number of nitrogens with one attached hydrogen (secondary N) is 1. The predicted octanol–water partition coefficient (Wildman–Crippen LogP) is 4.20. The smallest absolute Gasteiger partial charge is 0.119 e. The fourth-order valence-corrected chi connectivity index (χ4v) is 2.92. The third-order valence-electron chi connectivity index (χ3n) is 2.85. The Hall–Kier alpha value is -0.970. The van der Waals surface area contributed by atoms with Crippen LogP contribution in [-0.2, 0) is 0 Å². The number of hydrogen-bond donors (Lipinski definition) is 1. The molecule has 2 rings (SSSR count). The SMILES string of the molecule is CSc1ccc(OCCNC(C)c2cccs2)cc1. The lowest BCUT2D eigenvalue weighted by atomic mass is 10.3. The van der Waals surface area contributed by atoms with Crippen molar-refractivity contribution in [3.8, 4) is 5.75 Å². The molecule has 102 valence electrons. The molecule has 0 saturated carbocycles. The Balaban J connectivity index is 1.68. The minimum atomic E-state index is 0.391. The molecule has 0 spiro atoms. The molecule has 0 aliphatic heterocycles. The Morgan fingerprint density at radius 1 is 1.26 bits per heavy atom. The first-order valence-corrected chi connectivity index (χ1v) is 8.43. The van der Waals surface area contributed by atoms with Gasteiger partial charge in [-0.25, -0.2) is 0 Å². The minimum Gasteiger partial charge on any atom is -0.492 e. The van der Waals surface area contributed by atoms with E-state index in [4.69, 9.17) is 4.74 Å². The maximum absolute atomic E-state index is 5.70. The van der Waals surface area contributed by atoms with E-state index in [1.165, 1.54) is 9.77 Å². The molecule has 1 N–H and O–H groups in total. The summed E-state index contributed by atoms with van der Waals surface area (Å²) in [6.45, 7) is 3.72. The summed E-state index contributed by atoms with van der Waals surface area (Å²) in [7, 11) is 0. The third-order valence-corrected chi connectivity index (χ3v) is 4.65. The first-order valence-electron chi connectivity index (χ1n) is 6.33. The van der Waals surface area contributed by atoms with Crippen molar-refractivity contribution in [3.63, 3.8) is 0 Å². The Morgan fingerprint density at radius 3 is 2.68 bits per heavy atom. The van der Waals surface area contributed by atoms with Gasteiger partial charge >= 0.3 is 0 Å². The second kappa shape index (κ2) is 7.58. The standard InChI is InChI=1S/C15H19NOS2/c1-12(15-4-3-11-19-15)16-9-10-17-13-5-7-14(18-2)8-6-13/h3-8,11-12,16H,9-10H2,1-2H3. The predicted molar refractivity (Wildman–Crippen MR) is 84.5 cm³/mol. The number of hydrogen-bond acceptors (Lipinski definition) is 4. The van der Waals surface area contributed by atoms with E-state index in [0.717, 1.165) is 12.3 Å². The van der Waals surface area contributed by atoms with Crippen molar-refractivity contribution in [3.05, 3.63) is 46.7 Å². The summed E-state index contributed by atoms with van der Waals surface area (Å²) in [6, 6.07) is 12.8. The van der Waals surface area contributed by atoms with Crippen LogP contribution in [0, 0.1) is 0 Å². The molecule has 0 bridgehead atoms. The van der Waals surface area contributed by atoms with Gasteiger partial charge in [0, 0.05) is 22.4 Å². The summed E-state index contributed by atoms with van der Waals surface area (Å²) in [5.74, 6) is 0.934. The second-order valence-corrected chi connectivity index (χ2v) is 6.07. The zero-order chi connectivity index (χ0) is 13.5. The average molecular weight is 293 g/mol. The number of thioether (sulfide) groups is 1. The second-order valence-electron chi connectivity index (χ2n) is 4.22. The fraction of sp³-hybridized carbons (Fsp3) is 0.333. The van der Waals surface area contributed by atoms with Crippen LogP contribution in [0.25, 0.3) is 0 Å². The molecule has 1 aromatic heterocycles. The van der Waals surface area contributed by atoms with Gasteiger partial charge in [0.05, 0.1) is 0 Å². The number of thiophene rings is 1. The van der Waals surface area contributed by atoms with Gasteiger partial charge in [-0.3, -0.25) is 0 Å². The van der Waals surface area contributed by atoms with Crippen molar-refractivity contribution in [2.75, 3.05) is 19.4 Å². The molecular formula is C15H19NOS2. The molecular weight excluding hydrogens is 274 g/mol. The van der Waals surface area contributed by atoms with Crippen LogP contribution in [0.3, 0.4) is 0 Å². The number of rotatable bonds is 7. The summed E-state index contributed by atoms with van der Waals surface area (Å²) in [4.78, 5) is 2.63. The topological polar surface area (TPSA) is 21.3 Å². The van der Waals surface area contributed by atoms with Crippen molar-refractivity contribution in [2.45, 2.75) is 17.9 Å². The van der Waals surface area contributed by atoms with Crippen molar-refractivity contribution >= 4 is 23.1 Å². The molecule has 0 aliphatic rings. The molecule has 0 fully saturated rings. The highest BCUT2D eigenvalue weighted by atomic mass is 32.2. The van der Waals surface area contributed by atoms with Crippen LogP contribution >= 0.6 is 23.1 Å². The maximum atomic E-state index is 5.70. The molecule has 2 aromatic rings. The summed E-state index contributed by atoms with van der Waals surface area (Å²) in [5, 5.41) is 5.57. The summed E-state index contributed by atoms with van der Waals surface area (Å²) in [6.07, 6.45) is 2.08. The van der Waals surface area contributed by atoms with E-state index in [1.807, 2.05) is 12.1 Å². The quantitative estimate of drug-likeness (QED) is 0.610. The van der Waals surface area contributed by atoms with Gasteiger partial charge in [-0.2, -0.15) is 0 Å². The fourth-order valence-electron chi connectivity index (χ4n) is 1.75. The highest BCUT2D eigenvalue weighted by Crippen LogP contribution is 2.19. The van der Waals surface area contributed by atoms with Crippen LogP contribution in [0.15, 0.2) is 46.7 Å². The van der Waals surface area contributed by atoms with Crippen molar-refractivity contribution < 1.29 is 4.74 Å². The van der Waals surface area contributed by atoms with Gasteiger partial charge in [-0.1, -0.05) is 6.07 Å². The minimum absolute atomic E-state index is 0.391. The highest BCUT2D eigenvalue weighted by molar-refractivity contribution is 7.98. The zero-order valence-electron chi connectivity index (χ0n) is 11.3. The van der Waals surface area contributed by atoms with Gasteiger partial charge in [-0.15, -0.1) is 23.1 Å². The van der Waals surface area contributed by atoms with Crippen LogP contribution in [-0.4, -0.2) is 19.4 Å². The number of ether oxygens (including phenoxy) is 1. The van der Waals surface area contributed by atoms with Crippen LogP contribution < -0.4 is 10.1 Å². The van der Waals surface area contributed by atoms with Gasteiger partial charge in [-0.05, 0) is 48.9 Å². The van der Waals surface area contributed by atoms with Crippen molar-refractivity contribution in [1.29, 1.82) is 0 Å². The third kappa shape index (κ3) is 4.56. The largest absolute Gasteiger partial charge is 0.492 e. The summed E-state index contributed by atoms with van der Waals surface area (Å²) < 4.78 is 5.70. The Kier molecular flexibility index (Phi) is 5.76. The molecule has 0 aliphatic carbocycles. The van der Waals surface area contributed by atoms with Gasteiger partial charge in [0.15, 0.2) is 0 Å². The van der Waals surface area contributed by atoms with Gasteiger partial charge in [0.25, 0.3) is 0 Å². The van der Waals surface area contributed by atoms with E-state index in [9.17, 15) is 0 Å². The molecule has 0 amide bonds. The van der Waals surface area contributed by atoms with E-state index < -0.39 is 0 Å². The van der Waals surface area contributed by atoms with E-state index in [0.29, 0.717) is 12.6 Å². The Morgan fingerprint density at radius 2 is 2.05 bits per heavy atom. The maximum Gasteiger partial charge on any atom is 0.119 e. The van der Waals surface area contributed by atoms with E-state index in [-0.39, 0.29) is 0 Å². The molecule has 4 heteroatoms. The van der Waals surface area contributed by atoms with E-state index in [2.05, 4.69) is 48.1 Å². The van der Waals surface area contributed by atoms with Crippen LogP contribution in [0.4, 0.5) is 0 Å². The van der Waals surface area contributed by atoms with E-state index in [1.54, 1.807) is 23.1 Å². The molecule has 1 atom stereocenters. The molecule has 0 saturated heterocycles. The van der Waals surface area contributed by atoms with Gasteiger partial charge in [0.2, 0.25) is 0 Å². The average Bonchev–Trinajstić information content (AvgIpc) is 2.98. The lowest BCUT2D eigenvalue weighted by Gasteiger charge is -2.12. The lowest BCUT2D eigenvalue weighted by Crippen LogP contribution is -2.23. The van der Waals surface area contributed by atoms with Gasteiger partial charge < -0.3 is 10.1 Å². The highest BCUT2D eigenvalue weighted by Gasteiger charge is 2.04. The molecule has 1 aromatic carbocycles. The Labute approximate surface area is 123 Å². The monoisotopic (exact) mass is 293 g/mol. The molecule has 0 radical (unpaired) electrons. The molecule has 1 heterocycles. The lowest BCUT2D eigenvalue weighted by molar-refractivity contribution is 0.308. The Bertz CT molecular complexity index is 467. The van der Waals surface area contributed by atoms with Crippen LogP contribution in [0.2, 0.25) is 0 Å². The van der Waals surface area contributed by atoms with Crippen molar-refractivity contribution in [1.82, 2.24) is 5.32 Å². The molecule has 2 nitrogen and oxygen atoms in total. The summed E-state index contributed by atoms with van der Waals surface area (Å²) in [5.41, 5.74) is 0.